The average molecular weight is 254 g/mol. The predicted molar refractivity (Wildman–Crippen MR) is 51.0 cm³/mol. The smallest absolute Gasteiger partial charge is 0.347 e. The van der Waals surface area contributed by atoms with Crippen LogP contribution in [0.15, 0.2) is 11.2 Å². The molecule has 0 radical (unpaired) electrons. The topological polar surface area (TPSA) is 80.1 Å². The molecule has 1 aromatic rings. The molecule has 0 aliphatic rings. The molecule has 8 heteroatoms. The fourth-order valence-corrected chi connectivity index (χ4v) is 2.05. The second-order valence-corrected chi connectivity index (χ2v) is 5.26. The normalized spacial score (nSPS) is 11.4. The lowest BCUT2D eigenvalue weighted by atomic mass is 10.4. The highest BCUT2D eigenvalue weighted by molar-refractivity contribution is 8.13. The molecule has 1 heterocycles. The van der Waals surface area contributed by atoms with Gasteiger partial charge in [0.15, 0.2) is 12.6 Å². The molecule has 6 nitrogen and oxygen atoms in total. The monoisotopic (exact) mass is 253 g/mol. The summed E-state index contributed by atoms with van der Waals surface area (Å²) < 4.78 is 28.2. The fourth-order valence-electron chi connectivity index (χ4n) is 1.05. The highest BCUT2D eigenvalue weighted by Gasteiger charge is 2.28. The Balaban J connectivity index is 3.24. The summed E-state index contributed by atoms with van der Waals surface area (Å²) in [5, 5.41) is 2.06. The lowest BCUT2D eigenvalue weighted by molar-refractivity contribution is -0.729. The van der Waals surface area contributed by atoms with Gasteiger partial charge in [-0.05, 0) is 6.92 Å². The molecule has 0 saturated heterocycles. The van der Waals surface area contributed by atoms with E-state index in [2.05, 4.69) is 9.84 Å². The fraction of sp³-hybridized carbons (Fsp3) is 0.429. The van der Waals surface area contributed by atoms with E-state index in [0.29, 0.717) is 0 Å². The maximum atomic E-state index is 11.3. The third-order valence-corrected chi connectivity index (χ3v) is 2.85. The molecule has 1 aromatic heterocycles. The summed E-state index contributed by atoms with van der Waals surface area (Å²) in [6.45, 7) is 1.79. The van der Waals surface area contributed by atoms with Gasteiger partial charge in [-0.1, -0.05) is 0 Å². The minimum atomic E-state index is -3.98. The van der Waals surface area contributed by atoms with Crippen molar-refractivity contribution in [1.82, 2.24) is 5.10 Å². The van der Waals surface area contributed by atoms with Crippen molar-refractivity contribution in [1.29, 1.82) is 0 Å². The van der Waals surface area contributed by atoms with E-state index in [1.165, 1.54) is 17.9 Å². The molecular weight excluding hydrogens is 244 g/mol. The molecular formula is C7H10ClN2O4S+. The first kappa shape index (κ1) is 12.0. The van der Waals surface area contributed by atoms with E-state index in [1.54, 1.807) is 6.92 Å². The Kier molecular flexibility index (Phi) is 3.35. The molecule has 0 atom stereocenters. The average Bonchev–Trinajstić information content (AvgIpc) is 2.47. The lowest BCUT2D eigenvalue weighted by Crippen LogP contribution is -2.29. The van der Waals surface area contributed by atoms with Gasteiger partial charge in [0, 0.05) is 10.7 Å². The highest BCUT2D eigenvalue weighted by Crippen LogP contribution is 2.16. The molecule has 0 amide bonds. The second kappa shape index (κ2) is 4.19. The Morgan fingerprint density at radius 3 is 2.73 bits per heavy atom. The summed E-state index contributed by atoms with van der Waals surface area (Å²) in [6.07, 6.45) is 1.30. The minimum Gasteiger partial charge on any atom is -0.462 e. The molecule has 0 spiro atoms. The molecule has 1 rings (SSSR count). The molecule has 0 fully saturated rings. The zero-order valence-electron chi connectivity index (χ0n) is 8.15. The van der Waals surface area contributed by atoms with Crippen molar-refractivity contribution in [2.75, 3.05) is 6.61 Å². The Morgan fingerprint density at radius 2 is 2.27 bits per heavy atom. The molecule has 0 aliphatic heterocycles. The number of carbonyl (C=O) groups is 1. The van der Waals surface area contributed by atoms with Gasteiger partial charge in [-0.2, -0.15) is 5.10 Å². The van der Waals surface area contributed by atoms with Crippen LogP contribution in [0.5, 0.6) is 0 Å². The lowest BCUT2D eigenvalue weighted by Gasteiger charge is -1.97. The summed E-state index contributed by atoms with van der Waals surface area (Å²) in [5.74, 6) is -0.728. The van der Waals surface area contributed by atoms with E-state index in [9.17, 15) is 13.2 Å². The van der Waals surface area contributed by atoms with Crippen molar-refractivity contribution in [3.05, 3.63) is 11.8 Å². The van der Waals surface area contributed by atoms with Crippen LogP contribution in [0.4, 0.5) is 0 Å². The molecule has 0 aliphatic carbocycles. The molecule has 0 unspecified atom stereocenters. The van der Waals surface area contributed by atoms with Crippen LogP contribution in [0.3, 0.4) is 0 Å². The first-order chi connectivity index (χ1) is 6.86. The van der Waals surface area contributed by atoms with Gasteiger partial charge >= 0.3 is 5.97 Å². The van der Waals surface area contributed by atoms with Crippen molar-refractivity contribution >= 4 is 25.7 Å². The minimum absolute atomic E-state index is 0.102. The first-order valence-electron chi connectivity index (χ1n) is 4.06. The molecule has 1 N–H and O–H groups in total. The number of aromatic amines is 1. The molecule has 0 bridgehead atoms. The molecule has 0 aromatic carbocycles. The van der Waals surface area contributed by atoms with Crippen LogP contribution in [0.2, 0.25) is 0 Å². The number of nitrogens with one attached hydrogen (secondary N) is 1. The van der Waals surface area contributed by atoms with E-state index < -0.39 is 15.0 Å². The highest BCUT2D eigenvalue weighted by atomic mass is 35.7. The summed E-state index contributed by atoms with van der Waals surface area (Å²) in [6, 6.07) is 0. The van der Waals surface area contributed by atoms with E-state index in [4.69, 9.17) is 10.7 Å². The van der Waals surface area contributed by atoms with Crippen LogP contribution in [-0.4, -0.2) is 26.1 Å². The van der Waals surface area contributed by atoms with Crippen LogP contribution in [-0.2, 0) is 20.8 Å². The van der Waals surface area contributed by atoms with Crippen LogP contribution < -0.4 is 4.68 Å². The number of hydrogen-bond donors (Lipinski definition) is 1. The number of aromatic nitrogens is 2. The van der Waals surface area contributed by atoms with Gasteiger partial charge < -0.3 is 4.74 Å². The van der Waals surface area contributed by atoms with Gasteiger partial charge in [0.2, 0.25) is 11.2 Å². The van der Waals surface area contributed by atoms with Gasteiger partial charge in [0.25, 0.3) is 9.05 Å². The third kappa shape index (κ3) is 2.69. The van der Waals surface area contributed by atoms with Gasteiger partial charge in [-0.25, -0.2) is 13.2 Å². The number of esters is 1. The maximum absolute atomic E-state index is 11.3. The largest absolute Gasteiger partial charge is 0.462 e. The van der Waals surface area contributed by atoms with E-state index >= 15 is 0 Å². The number of nitrogens with zero attached hydrogens (tertiary/aromatic N) is 1. The molecule has 15 heavy (non-hydrogen) atoms. The predicted octanol–water partition coefficient (Wildman–Crippen LogP) is -0.0566. The van der Waals surface area contributed by atoms with Crippen molar-refractivity contribution < 1.29 is 22.6 Å². The number of aryl methyl sites for hydroxylation is 1. The van der Waals surface area contributed by atoms with E-state index in [0.717, 1.165) is 0 Å². The van der Waals surface area contributed by atoms with Crippen LogP contribution in [0.1, 0.15) is 17.3 Å². The zero-order chi connectivity index (χ0) is 11.6. The van der Waals surface area contributed by atoms with Crippen LogP contribution >= 0.6 is 10.7 Å². The van der Waals surface area contributed by atoms with Gasteiger partial charge in [-0.3, -0.25) is 0 Å². The number of carbonyl (C=O) groups excluding carboxylic acids is 1. The summed E-state index contributed by atoms with van der Waals surface area (Å²) in [5.41, 5.74) is -0.102. The SMILES string of the molecule is CCOC(=O)c1c[n+](C)[nH]c1S(=O)(=O)Cl. The molecule has 84 valence electrons. The van der Waals surface area contributed by atoms with Crippen molar-refractivity contribution in [3.63, 3.8) is 0 Å². The summed E-state index contributed by atoms with van der Waals surface area (Å²) in [4.78, 5) is 11.3. The van der Waals surface area contributed by atoms with Crippen molar-refractivity contribution in [2.24, 2.45) is 7.05 Å². The Bertz CT molecular complexity index is 479. The summed E-state index contributed by atoms with van der Waals surface area (Å²) >= 11 is 0. The Morgan fingerprint density at radius 1 is 1.67 bits per heavy atom. The number of H-pyrrole nitrogens is 1. The maximum Gasteiger partial charge on any atom is 0.347 e. The number of hydrogen-bond acceptors (Lipinski definition) is 4. The Hall–Kier alpha value is -1.08. The van der Waals surface area contributed by atoms with Crippen LogP contribution in [0.25, 0.3) is 0 Å². The van der Waals surface area contributed by atoms with Gasteiger partial charge in [-0.15, -0.1) is 4.68 Å². The summed E-state index contributed by atoms with van der Waals surface area (Å²) in [7, 11) is 2.70. The second-order valence-electron chi connectivity index (χ2n) is 2.75. The van der Waals surface area contributed by atoms with Gasteiger partial charge in [0.1, 0.15) is 0 Å². The number of ether oxygens (including phenoxy) is 1. The quantitative estimate of drug-likeness (QED) is 0.465. The van der Waals surface area contributed by atoms with Gasteiger partial charge in [0.05, 0.1) is 6.61 Å². The number of halogens is 1. The third-order valence-electron chi connectivity index (χ3n) is 1.58. The standard InChI is InChI=1S/C7H9ClN2O4S/c1-3-14-7(11)5-4-10(2)9-6(5)15(8,12)13/h4H,3H2,1-2H3/p+1. The number of rotatable bonds is 3. The van der Waals surface area contributed by atoms with Crippen LogP contribution in [0, 0.1) is 0 Å². The Labute approximate surface area is 91.2 Å². The van der Waals surface area contributed by atoms with E-state index in [1.807, 2.05) is 0 Å². The van der Waals surface area contributed by atoms with E-state index in [-0.39, 0.29) is 17.2 Å². The van der Waals surface area contributed by atoms with Crippen molar-refractivity contribution in [3.8, 4) is 0 Å². The molecule has 0 saturated carbocycles. The first-order valence-corrected chi connectivity index (χ1v) is 6.37. The van der Waals surface area contributed by atoms with Crippen molar-refractivity contribution in [2.45, 2.75) is 11.9 Å². The zero-order valence-corrected chi connectivity index (χ0v) is 9.72.